The van der Waals surface area contributed by atoms with E-state index in [9.17, 15) is 0 Å². The predicted molar refractivity (Wildman–Crippen MR) is 255 cm³/mol. The third-order valence-corrected chi connectivity index (χ3v) is 10.1. The van der Waals surface area contributed by atoms with Crippen molar-refractivity contribution in [1.82, 2.24) is 0 Å². The number of nitrogens with zero attached hydrogens (tertiary/aromatic N) is 1. The van der Waals surface area contributed by atoms with Crippen LogP contribution >= 0.6 is 0 Å². The molecule has 3 aliphatic carbocycles. The average molecular weight is 744 g/mol. The molecule has 1 atom stereocenters. The zero-order valence-electron chi connectivity index (χ0n) is 36.2. The standard InChI is InChI=1S/C24H18.C16H21N.C9H12.3C2H6/c1-2-8-17(9-3-1)18-14-15-23-21-12-5-4-10-19(21)20-11-6-7-13-22(20)24(23)16-18;1-13-8-10-16(11-9-13)14(2)17-12-15-6-4-3-5-7-15;1-3-9-6-4-5-8(2)7-9;3*1-2/h1-2,4-8,10-16H,3,9H2;3-4,6,10,12-13H,2,5,7-9,11H2,1H3;4-7H,3H2,1-2H3;3*1-2H3. The fourth-order valence-electron chi connectivity index (χ4n) is 7.08. The maximum atomic E-state index is 4.51. The Morgan fingerprint density at radius 3 is 1.77 bits per heavy atom. The van der Waals surface area contributed by atoms with Gasteiger partial charge in [0.15, 0.2) is 0 Å². The highest BCUT2D eigenvalue weighted by atomic mass is 14.7. The van der Waals surface area contributed by atoms with Crippen LogP contribution in [0.1, 0.15) is 117 Å². The molecule has 0 radical (unpaired) electrons. The Bertz CT molecular complexity index is 2130. The Morgan fingerprint density at radius 2 is 1.27 bits per heavy atom. The molecule has 5 aromatic rings. The van der Waals surface area contributed by atoms with E-state index in [1.807, 2.05) is 47.8 Å². The van der Waals surface area contributed by atoms with E-state index in [-0.39, 0.29) is 0 Å². The highest BCUT2D eigenvalue weighted by Crippen LogP contribution is 2.37. The first-order valence-corrected chi connectivity index (χ1v) is 21.5. The van der Waals surface area contributed by atoms with Gasteiger partial charge >= 0.3 is 0 Å². The number of aryl methyl sites for hydroxylation is 2. The first-order valence-electron chi connectivity index (χ1n) is 21.5. The van der Waals surface area contributed by atoms with E-state index in [0.717, 1.165) is 50.1 Å². The number of benzene rings is 5. The highest BCUT2D eigenvalue weighted by molar-refractivity contribution is 6.25. The molecule has 5 aromatic carbocycles. The quantitative estimate of drug-likeness (QED) is 0.126. The van der Waals surface area contributed by atoms with E-state index in [1.165, 1.54) is 78.6 Å². The molecule has 3 aliphatic rings. The van der Waals surface area contributed by atoms with Crippen LogP contribution in [0, 0.1) is 12.8 Å². The van der Waals surface area contributed by atoms with E-state index in [1.54, 1.807) is 0 Å². The van der Waals surface area contributed by atoms with Crippen molar-refractivity contribution in [3.63, 3.8) is 0 Å². The van der Waals surface area contributed by atoms with Gasteiger partial charge in [0.1, 0.15) is 0 Å². The molecule has 0 saturated carbocycles. The molecule has 0 aromatic heterocycles. The molecule has 1 unspecified atom stereocenters. The van der Waals surface area contributed by atoms with Crippen molar-refractivity contribution >= 4 is 44.1 Å². The number of fused-ring (bicyclic) bond motifs is 6. The van der Waals surface area contributed by atoms with Gasteiger partial charge in [0.05, 0.1) is 5.70 Å². The van der Waals surface area contributed by atoms with Gasteiger partial charge in [-0.05, 0) is 130 Å². The van der Waals surface area contributed by atoms with Crippen molar-refractivity contribution in [2.45, 2.75) is 114 Å². The molecule has 0 spiro atoms. The fraction of sp³-hybridized carbons (Fsp3) is 0.327. The number of hydrogen-bond acceptors (Lipinski definition) is 1. The van der Waals surface area contributed by atoms with Crippen LogP contribution in [0.2, 0.25) is 0 Å². The minimum Gasteiger partial charge on any atom is -0.257 e. The maximum absolute atomic E-state index is 4.51. The molecule has 8 rings (SSSR count). The van der Waals surface area contributed by atoms with Crippen molar-refractivity contribution in [1.29, 1.82) is 0 Å². The summed E-state index contributed by atoms with van der Waals surface area (Å²) < 4.78 is 0. The summed E-state index contributed by atoms with van der Waals surface area (Å²) in [4.78, 5) is 4.51. The zero-order valence-corrected chi connectivity index (χ0v) is 36.2. The number of hydrogen-bond donors (Lipinski definition) is 0. The molecule has 1 heteroatoms. The van der Waals surface area contributed by atoms with E-state index < -0.39 is 0 Å². The van der Waals surface area contributed by atoms with Crippen LogP contribution in [0.3, 0.4) is 0 Å². The van der Waals surface area contributed by atoms with E-state index in [2.05, 4.69) is 166 Å². The van der Waals surface area contributed by atoms with Gasteiger partial charge in [-0.2, -0.15) is 0 Å². The monoisotopic (exact) mass is 744 g/mol. The lowest BCUT2D eigenvalue weighted by molar-refractivity contribution is 0.516. The minimum absolute atomic E-state index is 0.821. The molecule has 56 heavy (non-hydrogen) atoms. The lowest BCUT2D eigenvalue weighted by Crippen LogP contribution is -2.02. The summed E-state index contributed by atoms with van der Waals surface area (Å²) >= 11 is 0. The van der Waals surface area contributed by atoms with Gasteiger partial charge in [0.25, 0.3) is 0 Å². The molecular formula is C55H69N. The minimum atomic E-state index is 0.821. The Kier molecular flexibility index (Phi) is 20.4. The molecule has 0 N–H and O–H groups in total. The summed E-state index contributed by atoms with van der Waals surface area (Å²) in [5.41, 5.74) is 9.17. The molecule has 0 aliphatic heterocycles. The van der Waals surface area contributed by atoms with Crippen LogP contribution in [0.4, 0.5) is 0 Å². The van der Waals surface area contributed by atoms with Crippen LogP contribution in [-0.2, 0) is 6.42 Å². The van der Waals surface area contributed by atoms with Crippen molar-refractivity contribution in [2.75, 3.05) is 0 Å². The van der Waals surface area contributed by atoms with Gasteiger partial charge in [-0.1, -0.05) is 195 Å². The largest absolute Gasteiger partial charge is 0.257 e. The fourth-order valence-corrected chi connectivity index (χ4v) is 7.08. The lowest BCUT2D eigenvalue weighted by atomic mass is 9.90. The summed E-state index contributed by atoms with van der Waals surface area (Å²) in [5.74, 6) is 0.821. The molecule has 0 heterocycles. The number of rotatable bonds is 5. The second kappa shape index (κ2) is 25.2. The van der Waals surface area contributed by atoms with Crippen molar-refractivity contribution < 1.29 is 0 Å². The van der Waals surface area contributed by atoms with Crippen molar-refractivity contribution in [3.8, 4) is 0 Å². The molecule has 0 saturated heterocycles. The van der Waals surface area contributed by atoms with Gasteiger partial charge in [-0.25, -0.2) is 0 Å². The molecule has 294 valence electrons. The van der Waals surface area contributed by atoms with Crippen LogP contribution in [0.5, 0.6) is 0 Å². The molecule has 0 bridgehead atoms. The SMILES string of the molecule is C1=CCCC(c2ccc3c4ccccc4c4ccccc4c3c2)=C1.C=C(N=CC1=CC=CCC1)C1=CCC(C)CC1.CC.CC.CC.CCc1cccc(C)c1. The average Bonchev–Trinajstić information content (AvgIpc) is 3.29. The number of allylic oxidation sites excluding steroid dienone is 10. The Balaban J connectivity index is 0.000000230. The van der Waals surface area contributed by atoms with Crippen molar-refractivity contribution in [2.24, 2.45) is 10.9 Å². The van der Waals surface area contributed by atoms with Crippen LogP contribution < -0.4 is 0 Å². The second-order valence-corrected chi connectivity index (χ2v) is 13.9. The Hall–Kier alpha value is -5.01. The van der Waals surface area contributed by atoms with Gasteiger partial charge in [-0.15, -0.1) is 0 Å². The third kappa shape index (κ3) is 13.0. The molecule has 0 amide bonds. The van der Waals surface area contributed by atoms with Crippen LogP contribution in [0.15, 0.2) is 162 Å². The smallest absolute Gasteiger partial charge is 0.0586 e. The summed E-state index contributed by atoms with van der Waals surface area (Å²) in [5, 5.41) is 8.08. The zero-order chi connectivity index (χ0) is 40.7. The maximum Gasteiger partial charge on any atom is 0.0586 e. The Morgan fingerprint density at radius 1 is 0.679 bits per heavy atom. The molecular weight excluding hydrogens is 675 g/mol. The van der Waals surface area contributed by atoms with Crippen LogP contribution in [0.25, 0.3) is 37.9 Å². The predicted octanol–water partition coefficient (Wildman–Crippen LogP) is 17.1. The first kappa shape index (κ1) is 45.4. The highest BCUT2D eigenvalue weighted by Gasteiger charge is 2.12. The van der Waals surface area contributed by atoms with Gasteiger partial charge < -0.3 is 0 Å². The summed E-state index contributed by atoms with van der Waals surface area (Å²) in [7, 11) is 0. The van der Waals surface area contributed by atoms with Gasteiger partial charge in [0, 0.05) is 6.21 Å². The molecule has 0 fully saturated rings. The van der Waals surface area contributed by atoms with Gasteiger partial charge in [-0.3, -0.25) is 4.99 Å². The van der Waals surface area contributed by atoms with Crippen LogP contribution in [-0.4, -0.2) is 6.21 Å². The molecule has 1 nitrogen and oxygen atoms in total. The normalized spacial score (nSPS) is 15.5. The Labute approximate surface area is 341 Å². The van der Waals surface area contributed by atoms with E-state index in [0.29, 0.717) is 0 Å². The van der Waals surface area contributed by atoms with E-state index in [4.69, 9.17) is 0 Å². The third-order valence-electron chi connectivity index (χ3n) is 10.1. The van der Waals surface area contributed by atoms with Gasteiger partial charge in [0.2, 0.25) is 0 Å². The number of aliphatic imine (C=N–C) groups is 1. The summed E-state index contributed by atoms with van der Waals surface area (Å²) in [6.45, 7) is 22.7. The summed E-state index contributed by atoms with van der Waals surface area (Å²) in [6, 6.07) is 33.1. The first-order chi connectivity index (χ1) is 27.5. The lowest BCUT2D eigenvalue weighted by Gasteiger charge is -2.17. The topological polar surface area (TPSA) is 12.4 Å². The second-order valence-electron chi connectivity index (χ2n) is 13.9. The van der Waals surface area contributed by atoms with E-state index >= 15 is 0 Å². The van der Waals surface area contributed by atoms with Crippen molar-refractivity contribution in [3.05, 3.63) is 174 Å². The summed E-state index contributed by atoms with van der Waals surface area (Å²) in [6.07, 6.45) is 26.6.